The molecule has 1 heterocycles. The number of hydrogen-bond acceptors (Lipinski definition) is 2. The summed E-state index contributed by atoms with van der Waals surface area (Å²) in [7, 11) is 1.88. The first-order valence-electron chi connectivity index (χ1n) is 5.67. The predicted molar refractivity (Wildman–Crippen MR) is 75.6 cm³/mol. The normalized spacial score (nSPS) is 12.7. The summed E-state index contributed by atoms with van der Waals surface area (Å²) in [6.07, 6.45) is 4.74. The van der Waals surface area contributed by atoms with Gasteiger partial charge in [0.05, 0.1) is 12.3 Å². The molecule has 0 aliphatic rings. The van der Waals surface area contributed by atoms with E-state index >= 15 is 0 Å². The molecule has 0 bridgehead atoms. The Morgan fingerprint density at radius 2 is 2.28 bits per heavy atom. The van der Waals surface area contributed by atoms with E-state index in [1.807, 2.05) is 25.5 Å². The van der Waals surface area contributed by atoms with Crippen LogP contribution in [-0.4, -0.2) is 14.9 Å². The average molecular weight is 330 g/mol. The van der Waals surface area contributed by atoms with Crippen molar-refractivity contribution < 1.29 is 5.11 Å². The molecule has 0 radical (unpaired) electrons. The zero-order chi connectivity index (χ0) is 13.1. The summed E-state index contributed by atoms with van der Waals surface area (Å²) in [6, 6.07) is 5.43. The van der Waals surface area contributed by atoms with Crippen LogP contribution < -0.4 is 0 Å². The van der Waals surface area contributed by atoms with E-state index in [1.54, 1.807) is 16.8 Å². The minimum absolute atomic E-state index is 0.503. The first kappa shape index (κ1) is 13.6. The number of nitrogens with zero attached hydrogens (tertiary/aromatic N) is 2. The highest BCUT2D eigenvalue weighted by atomic mass is 79.9. The first-order chi connectivity index (χ1) is 8.56. The van der Waals surface area contributed by atoms with Gasteiger partial charge in [0, 0.05) is 22.7 Å². The Labute approximate surface area is 120 Å². The second-order valence-corrected chi connectivity index (χ2v) is 5.53. The molecule has 0 fully saturated rings. The third kappa shape index (κ3) is 3.34. The highest BCUT2D eigenvalue weighted by Gasteiger charge is 2.12. The van der Waals surface area contributed by atoms with Gasteiger partial charge in [-0.3, -0.25) is 4.68 Å². The molecule has 1 aromatic heterocycles. The van der Waals surface area contributed by atoms with Crippen molar-refractivity contribution in [3.8, 4) is 0 Å². The summed E-state index contributed by atoms with van der Waals surface area (Å²) in [5.74, 6) is 0. The molecule has 18 heavy (non-hydrogen) atoms. The van der Waals surface area contributed by atoms with Crippen molar-refractivity contribution in [3.63, 3.8) is 0 Å². The van der Waals surface area contributed by atoms with E-state index in [1.165, 1.54) is 0 Å². The molecule has 0 saturated heterocycles. The predicted octanol–water partition coefficient (Wildman–Crippen LogP) is 3.50. The van der Waals surface area contributed by atoms with Gasteiger partial charge in [-0.15, -0.1) is 0 Å². The van der Waals surface area contributed by atoms with Crippen molar-refractivity contribution >= 4 is 27.5 Å². The summed E-state index contributed by atoms with van der Waals surface area (Å²) >= 11 is 9.29. The molecule has 2 aromatic rings. The minimum atomic E-state index is -0.503. The van der Waals surface area contributed by atoms with Crippen molar-refractivity contribution in [3.05, 3.63) is 51.2 Å². The van der Waals surface area contributed by atoms with Crippen LogP contribution in [0.25, 0.3) is 0 Å². The van der Waals surface area contributed by atoms with Gasteiger partial charge in [-0.05, 0) is 36.1 Å². The summed E-state index contributed by atoms with van der Waals surface area (Å²) in [5.41, 5.74) is 1.99. The first-order valence-corrected chi connectivity index (χ1v) is 6.84. The summed E-state index contributed by atoms with van der Waals surface area (Å²) in [5, 5.41) is 14.9. The lowest BCUT2D eigenvalue weighted by Crippen LogP contribution is -2.00. The third-order valence-corrected chi connectivity index (χ3v) is 3.71. The van der Waals surface area contributed by atoms with Crippen molar-refractivity contribution in [1.29, 1.82) is 0 Å². The van der Waals surface area contributed by atoms with Crippen LogP contribution in [0, 0.1) is 0 Å². The maximum Gasteiger partial charge on any atom is 0.0804 e. The Morgan fingerprint density at radius 1 is 1.50 bits per heavy atom. The molecule has 1 N–H and O–H groups in total. The maximum atomic E-state index is 10.2. The fraction of sp³-hybridized carbons (Fsp3) is 0.308. The molecule has 0 aliphatic carbocycles. The largest absolute Gasteiger partial charge is 0.388 e. The van der Waals surface area contributed by atoms with Crippen molar-refractivity contribution in [1.82, 2.24) is 9.78 Å². The fourth-order valence-electron chi connectivity index (χ4n) is 1.83. The van der Waals surface area contributed by atoms with Gasteiger partial charge < -0.3 is 5.11 Å². The maximum absolute atomic E-state index is 10.2. The number of halogens is 2. The van der Waals surface area contributed by atoms with Gasteiger partial charge in [-0.25, -0.2) is 0 Å². The molecule has 5 heteroatoms. The third-order valence-electron chi connectivity index (χ3n) is 2.79. The number of benzene rings is 1. The van der Waals surface area contributed by atoms with Crippen LogP contribution in [0.3, 0.4) is 0 Å². The second kappa shape index (κ2) is 5.87. The Hall–Kier alpha value is -0.840. The van der Waals surface area contributed by atoms with Gasteiger partial charge in [0.2, 0.25) is 0 Å². The molecule has 0 saturated carbocycles. The van der Waals surface area contributed by atoms with Crippen LogP contribution >= 0.6 is 27.5 Å². The van der Waals surface area contributed by atoms with Crippen LogP contribution in [0.4, 0.5) is 0 Å². The lowest BCUT2D eigenvalue weighted by atomic mass is 10.0. The van der Waals surface area contributed by atoms with Gasteiger partial charge >= 0.3 is 0 Å². The molecule has 0 spiro atoms. The Kier molecular flexibility index (Phi) is 4.43. The van der Waals surface area contributed by atoms with Crippen molar-refractivity contribution in [2.24, 2.45) is 7.05 Å². The van der Waals surface area contributed by atoms with Crippen LogP contribution in [0.5, 0.6) is 0 Å². The highest BCUT2D eigenvalue weighted by Crippen LogP contribution is 2.29. The standard InChI is InChI=1S/C13H14BrClN2O/c1-17-8-9(7-16-17)2-5-13(18)11-4-3-10(15)6-12(11)14/h3-4,6-8,13,18H,2,5H2,1H3. The number of aliphatic hydroxyl groups is 1. The summed E-state index contributed by atoms with van der Waals surface area (Å²) in [4.78, 5) is 0. The molecule has 96 valence electrons. The fourth-order valence-corrected chi connectivity index (χ4v) is 2.78. The van der Waals surface area contributed by atoms with Crippen LogP contribution in [0.15, 0.2) is 35.1 Å². The van der Waals surface area contributed by atoms with E-state index in [0.29, 0.717) is 11.4 Å². The van der Waals surface area contributed by atoms with E-state index in [9.17, 15) is 5.11 Å². The molecule has 0 amide bonds. The Balaban J connectivity index is 2.01. The molecular formula is C13H14BrClN2O. The number of aromatic nitrogens is 2. The van der Waals surface area contributed by atoms with Crippen LogP contribution in [0.1, 0.15) is 23.7 Å². The highest BCUT2D eigenvalue weighted by molar-refractivity contribution is 9.10. The lowest BCUT2D eigenvalue weighted by Gasteiger charge is -2.12. The summed E-state index contributed by atoms with van der Waals surface area (Å²) in [6.45, 7) is 0. The molecule has 1 unspecified atom stereocenters. The van der Waals surface area contributed by atoms with Crippen molar-refractivity contribution in [2.45, 2.75) is 18.9 Å². The van der Waals surface area contributed by atoms with E-state index in [-0.39, 0.29) is 0 Å². The van der Waals surface area contributed by atoms with E-state index in [0.717, 1.165) is 22.0 Å². The van der Waals surface area contributed by atoms with Crippen LogP contribution in [0.2, 0.25) is 5.02 Å². The van der Waals surface area contributed by atoms with Gasteiger partial charge in [0.15, 0.2) is 0 Å². The zero-order valence-corrected chi connectivity index (χ0v) is 12.3. The lowest BCUT2D eigenvalue weighted by molar-refractivity contribution is 0.167. The van der Waals surface area contributed by atoms with Gasteiger partial charge in [-0.2, -0.15) is 5.10 Å². The van der Waals surface area contributed by atoms with Gasteiger partial charge in [-0.1, -0.05) is 33.6 Å². The molecule has 3 nitrogen and oxygen atoms in total. The van der Waals surface area contributed by atoms with Crippen LogP contribution in [-0.2, 0) is 13.5 Å². The van der Waals surface area contributed by atoms with Gasteiger partial charge in [0.1, 0.15) is 0 Å². The second-order valence-electron chi connectivity index (χ2n) is 4.24. The smallest absolute Gasteiger partial charge is 0.0804 e. The SMILES string of the molecule is Cn1cc(CCC(O)c2ccc(Cl)cc2Br)cn1. The van der Waals surface area contributed by atoms with E-state index in [2.05, 4.69) is 21.0 Å². The van der Waals surface area contributed by atoms with E-state index in [4.69, 9.17) is 11.6 Å². The quantitative estimate of drug-likeness (QED) is 0.932. The Morgan fingerprint density at radius 3 is 2.89 bits per heavy atom. The topological polar surface area (TPSA) is 38.0 Å². The monoisotopic (exact) mass is 328 g/mol. The van der Waals surface area contributed by atoms with Crippen molar-refractivity contribution in [2.75, 3.05) is 0 Å². The zero-order valence-electron chi connectivity index (χ0n) is 9.98. The molecule has 0 aliphatic heterocycles. The van der Waals surface area contributed by atoms with Gasteiger partial charge in [0.25, 0.3) is 0 Å². The number of hydrogen-bond donors (Lipinski definition) is 1. The molecule has 1 aromatic carbocycles. The minimum Gasteiger partial charge on any atom is -0.388 e. The molecule has 1 atom stereocenters. The molecule has 2 rings (SSSR count). The Bertz CT molecular complexity index is 542. The van der Waals surface area contributed by atoms with E-state index < -0.39 is 6.10 Å². The number of aliphatic hydroxyl groups excluding tert-OH is 1. The molecular weight excluding hydrogens is 316 g/mol. The summed E-state index contributed by atoms with van der Waals surface area (Å²) < 4.78 is 2.61. The average Bonchev–Trinajstić information content (AvgIpc) is 2.72. The number of aryl methyl sites for hydroxylation is 2. The number of rotatable bonds is 4.